The van der Waals surface area contributed by atoms with E-state index >= 15 is 0 Å². The van der Waals surface area contributed by atoms with E-state index in [1.165, 1.54) is 49.7 Å². The highest BCUT2D eigenvalue weighted by Crippen LogP contribution is 2.32. The van der Waals surface area contributed by atoms with Crippen molar-refractivity contribution in [1.29, 1.82) is 0 Å². The quantitative estimate of drug-likeness (QED) is 0.264. The molecule has 0 unspecified atom stereocenters. The summed E-state index contributed by atoms with van der Waals surface area (Å²) in [6.45, 7) is 11.2. The third kappa shape index (κ3) is 2.50. The van der Waals surface area contributed by atoms with Crippen LogP contribution in [0.5, 0.6) is 0 Å². The average Bonchev–Trinajstić information content (AvgIpc) is 3.00. The number of hydrogen-bond donors (Lipinski definition) is 0. The molecule has 0 bridgehead atoms. The number of fused-ring (bicyclic) bond motifs is 8. The van der Waals surface area contributed by atoms with Crippen molar-refractivity contribution in [1.82, 2.24) is 9.55 Å². The molecule has 5 rings (SSSR count). The van der Waals surface area contributed by atoms with E-state index in [9.17, 15) is 0 Å². The molecule has 0 N–H and O–H groups in total. The van der Waals surface area contributed by atoms with Crippen molar-refractivity contribution in [3.8, 4) is 0 Å². The summed E-state index contributed by atoms with van der Waals surface area (Å²) in [5.41, 5.74) is 10.0. The van der Waals surface area contributed by atoms with E-state index in [2.05, 4.69) is 93.1 Å². The lowest BCUT2D eigenvalue weighted by molar-refractivity contribution is -0.449. The molecule has 3 heteroatoms. The van der Waals surface area contributed by atoms with Gasteiger partial charge in [0.25, 0.3) is 5.65 Å². The van der Waals surface area contributed by atoms with Gasteiger partial charge in [-0.2, -0.15) is 4.40 Å². The maximum atomic E-state index is 4.85. The largest absolute Gasteiger partial charge is 0.297 e. The van der Waals surface area contributed by atoms with Crippen LogP contribution < -0.4 is 4.40 Å². The van der Waals surface area contributed by atoms with Crippen LogP contribution in [-0.4, -0.2) is 9.55 Å². The summed E-state index contributed by atoms with van der Waals surface area (Å²) in [7, 11) is 2.18. The van der Waals surface area contributed by atoms with Gasteiger partial charge in [-0.1, -0.05) is 39.8 Å². The number of rotatable bonds is 2. The molecule has 0 aliphatic carbocycles. The standard InChI is InChI=1S/C26H28N3/c1-15(2)18-7-9-21-20(13-18)25-24(17(5)11-12-27-25)26-28(6)23-14-19(16(3)4)8-10-22(23)29(21)26/h7-16H,1-6H3/q+1. The first-order valence-electron chi connectivity index (χ1n) is 10.5. The van der Waals surface area contributed by atoms with Gasteiger partial charge in [-0.25, -0.2) is 4.57 Å². The van der Waals surface area contributed by atoms with Crippen LogP contribution in [0.15, 0.2) is 48.7 Å². The Morgan fingerprint density at radius 2 is 1.52 bits per heavy atom. The molecule has 0 fully saturated rings. The lowest BCUT2D eigenvalue weighted by Crippen LogP contribution is -2.23. The highest BCUT2D eigenvalue weighted by atomic mass is 15.1. The Bertz CT molecular complexity index is 1420. The normalized spacial score (nSPS) is 12.4. The number of aryl methyl sites for hydroxylation is 2. The minimum Gasteiger partial charge on any atom is -0.255 e. The molecule has 0 spiro atoms. The van der Waals surface area contributed by atoms with E-state index in [1.807, 2.05) is 6.20 Å². The molecule has 3 heterocycles. The van der Waals surface area contributed by atoms with Crippen LogP contribution in [0.3, 0.4) is 0 Å². The fourth-order valence-corrected chi connectivity index (χ4v) is 4.60. The van der Waals surface area contributed by atoms with Gasteiger partial charge in [-0.15, -0.1) is 0 Å². The predicted octanol–water partition coefficient (Wildman–Crippen LogP) is 6.17. The Morgan fingerprint density at radius 3 is 2.21 bits per heavy atom. The number of hydrogen-bond acceptors (Lipinski definition) is 1. The Balaban J connectivity index is 2.10. The van der Waals surface area contributed by atoms with Crippen molar-refractivity contribution in [3.05, 3.63) is 65.4 Å². The van der Waals surface area contributed by atoms with Gasteiger partial charge in [0.2, 0.25) is 0 Å². The molecule has 146 valence electrons. The van der Waals surface area contributed by atoms with Crippen molar-refractivity contribution in [2.75, 3.05) is 0 Å². The zero-order valence-electron chi connectivity index (χ0n) is 18.1. The highest BCUT2D eigenvalue weighted by Gasteiger charge is 2.25. The molecular weight excluding hydrogens is 354 g/mol. The molecule has 0 radical (unpaired) electrons. The molecule has 29 heavy (non-hydrogen) atoms. The smallest absolute Gasteiger partial charge is 0.255 e. The molecule has 2 aromatic carbocycles. The molecule has 0 saturated heterocycles. The predicted molar refractivity (Wildman–Crippen MR) is 122 cm³/mol. The molecule has 3 aromatic heterocycles. The van der Waals surface area contributed by atoms with Crippen molar-refractivity contribution >= 4 is 38.5 Å². The second kappa shape index (κ2) is 6.28. The van der Waals surface area contributed by atoms with E-state index in [1.54, 1.807) is 0 Å². The first kappa shape index (κ1) is 18.1. The molecule has 0 atom stereocenters. The number of imidazole rings is 1. The summed E-state index contributed by atoms with van der Waals surface area (Å²) >= 11 is 0. The molecule has 0 aliphatic rings. The van der Waals surface area contributed by atoms with Crippen LogP contribution in [0.4, 0.5) is 0 Å². The van der Waals surface area contributed by atoms with E-state index in [0.717, 1.165) is 5.52 Å². The molecule has 0 amide bonds. The Hall–Kier alpha value is -2.94. The number of benzene rings is 2. The topological polar surface area (TPSA) is 21.9 Å². The zero-order valence-corrected chi connectivity index (χ0v) is 18.1. The lowest BCUT2D eigenvalue weighted by atomic mass is 9.99. The van der Waals surface area contributed by atoms with Gasteiger partial charge in [0.15, 0.2) is 11.0 Å². The fraction of sp³-hybridized carbons (Fsp3) is 0.308. The SMILES string of the molecule is Cc1ccnc2c3cc(C(C)C)ccc3[n+]3c4ccc(C(C)C)cc4n(C)c3c12. The maximum Gasteiger partial charge on any atom is 0.297 e. The second-order valence-electron chi connectivity index (χ2n) is 8.90. The van der Waals surface area contributed by atoms with Crippen LogP contribution in [0.1, 0.15) is 56.2 Å². The number of nitrogens with zero attached hydrogens (tertiary/aromatic N) is 3. The van der Waals surface area contributed by atoms with Gasteiger partial charge in [0.05, 0.1) is 18.0 Å². The minimum atomic E-state index is 0.487. The Kier molecular flexibility index (Phi) is 3.92. The average molecular weight is 383 g/mol. The van der Waals surface area contributed by atoms with Gasteiger partial charge < -0.3 is 0 Å². The number of aromatic nitrogens is 3. The third-order valence-corrected chi connectivity index (χ3v) is 6.36. The van der Waals surface area contributed by atoms with Crippen LogP contribution in [-0.2, 0) is 7.05 Å². The van der Waals surface area contributed by atoms with Gasteiger partial charge in [-0.05, 0) is 65.8 Å². The summed E-state index contributed by atoms with van der Waals surface area (Å²) in [4.78, 5) is 4.85. The lowest BCUT2D eigenvalue weighted by Gasteiger charge is -2.10. The zero-order chi connectivity index (χ0) is 20.4. The first-order valence-corrected chi connectivity index (χ1v) is 10.5. The Morgan fingerprint density at radius 1 is 0.862 bits per heavy atom. The van der Waals surface area contributed by atoms with Gasteiger partial charge in [0, 0.05) is 11.6 Å². The summed E-state index contributed by atoms with van der Waals surface area (Å²) in [5.74, 6) is 0.994. The van der Waals surface area contributed by atoms with E-state index in [-0.39, 0.29) is 0 Å². The van der Waals surface area contributed by atoms with Crippen LogP contribution in [0.25, 0.3) is 38.5 Å². The van der Waals surface area contributed by atoms with Gasteiger partial charge in [-0.3, -0.25) is 4.98 Å². The summed E-state index contributed by atoms with van der Waals surface area (Å²) < 4.78 is 4.77. The fourth-order valence-electron chi connectivity index (χ4n) is 4.60. The molecule has 3 nitrogen and oxygen atoms in total. The van der Waals surface area contributed by atoms with Crippen LogP contribution in [0.2, 0.25) is 0 Å². The van der Waals surface area contributed by atoms with Crippen molar-refractivity contribution in [2.45, 2.75) is 46.5 Å². The molecule has 0 saturated carbocycles. The van der Waals surface area contributed by atoms with Gasteiger partial charge in [0.1, 0.15) is 5.52 Å². The number of pyridine rings is 2. The summed E-state index contributed by atoms with van der Waals surface area (Å²) in [5, 5.41) is 2.47. The van der Waals surface area contributed by atoms with Gasteiger partial charge >= 0.3 is 0 Å². The Labute approximate surface area is 171 Å². The molecule has 0 aliphatic heterocycles. The van der Waals surface area contributed by atoms with E-state index in [0.29, 0.717) is 11.8 Å². The van der Waals surface area contributed by atoms with E-state index < -0.39 is 0 Å². The highest BCUT2D eigenvalue weighted by molar-refractivity contribution is 6.09. The second-order valence-corrected chi connectivity index (χ2v) is 8.90. The van der Waals surface area contributed by atoms with Crippen LogP contribution >= 0.6 is 0 Å². The first-order chi connectivity index (χ1) is 13.9. The van der Waals surface area contributed by atoms with Crippen molar-refractivity contribution < 1.29 is 4.40 Å². The van der Waals surface area contributed by atoms with Crippen molar-refractivity contribution in [3.63, 3.8) is 0 Å². The summed E-state index contributed by atoms with van der Waals surface area (Å²) in [6, 6.07) is 15.9. The molecule has 5 aromatic rings. The summed E-state index contributed by atoms with van der Waals surface area (Å²) in [6.07, 6.45) is 1.94. The maximum absolute atomic E-state index is 4.85. The third-order valence-electron chi connectivity index (χ3n) is 6.36. The van der Waals surface area contributed by atoms with Crippen molar-refractivity contribution in [2.24, 2.45) is 7.05 Å². The van der Waals surface area contributed by atoms with Crippen LogP contribution in [0, 0.1) is 6.92 Å². The monoisotopic (exact) mass is 382 g/mol. The molecular formula is C26H28N3+. The van der Waals surface area contributed by atoms with E-state index in [4.69, 9.17) is 4.98 Å². The minimum absolute atomic E-state index is 0.487.